The molecular weight excluding hydrogens is 265 g/mol. The fourth-order valence-corrected chi connectivity index (χ4v) is 1.67. The van der Waals surface area contributed by atoms with Crippen molar-refractivity contribution in [2.24, 2.45) is 0 Å². The molecule has 104 valence electrons. The van der Waals surface area contributed by atoms with Gasteiger partial charge in [-0.15, -0.1) is 0 Å². The van der Waals surface area contributed by atoms with Crippen LogP contribution < -0.4 is 10.2 Å². The number of ether oxygens (including phenoxy) is 1. The first-order chi connectivity index (χ1) is 9.61. The molecule has 5 nitrogen and oxygen atoms in total. The maximum absolute atomic E-state index is 12.8. The van der Waals surface area contributed by atoms with Crippen LogP contribution in [0.25, 0.3) is 0 Å². The summed E-state index contributed by atoms with van der Waals surface area (Å²) < 4.78 is 18.2. The van der Waals surface area contributed by atoms with E-state index in [9.17, 15) is 14.3 Å². The molecule has 1 amide bonds. The molecule has 0 spiro atoms. The summed E-state index contributed by atoms with van der Waals surface area (Å²) in [6.07, 6.45) is 0. The number of hydrogen-bond donors (Lipinski definition) is 3. The second-order valence-corrected chi connectivity index (χ2v) is 4.01. The number of hydrogen-bond acceptors (Lipinski definition) is 4. The number of benzene rings is 2. The molecule has 6 heteroatoms. The number of amides is 1. The Hall–Kier alpha value is -2.60. The number of rotatable bonds is 4. The third-order valence-corrected chi connectivity index (χ3v) is 2.64. The molecule has 2 rings (SSSR count). The Morgan fingerprint density at radius 3 is 2.55 bits per heavy atom. The summed E-state index contributed by atoms with van der Waals surface area (Å²) in [5, 5.41) is 18.3. The molecule has 0 heterocycles. The van der Waals surface area contributed by atoms with Gasteiger partial charge in [0.1, 0.15) is 29.5 Å². The molecular formula is C14H12FNO4. The van der Waals surface area contributed by atoms with Crippen LogP contribution in [0.5, 0.6) is 11.5 Å². The van der Waals surface area contributed by atoms with Crippen molar-refractivity contribution in [1.82, 2.24) is 5.48 Å². The molecule has 0 aliphatic heterocycles. The van der Waals surface area contributed by atoms with Crippen LogP contribution in [0, 0.1) is 5.82 Å². The summed E-state index contributed by atoms with van der Waals surface area (Å²) in [4.78, 5) is 11.5. The fraction of sp³-hybridized carbons (Fsp3) is 0.0714. The molecule has 0 aliphatic carbocycles. The van der Waals surface area contributed by atoms with Crippen LogP contribution in [-0.2, 0) is 6.61 Å². The predicted octanol–water partition coefficient (Wildman–Crippen LogP) is 2.23. The zero-order valence-corrected chi connectivity index (χ0v) is 10.3. The van der Waals surface area contributed by atoms with E-state index < -0.39 is 5.91 Å². The first-order valence-corrected chi connectivity index (χ1v) is 5.75. The van der Waals surface area contributed by atoms with Crippen molar-refractivity contribution in [1.29, 1.82) is 0 Å². The van der Waals surface area contributed by atoms with E-state index >= 15 is 0 Å². The molecule has 0 aromatic heterocycles. The average Bonchev–Trinajstić information content (AvgIpc) is 2.46. The topological polar surface area (TPSA) is 78.8 Å². The molecule has 3 N–H and O–H groups in total. The van der Waals surface area contributed by atoms with Gasteiger partial charge in [-0.05, 0) is 29.8 Å². The SMILES string of the molecule is O=C(NO)c1c(O)cccc1OCc1ccc(F)cc1. The highest BCUT2D eigenvalue weighted by Gasteiger charge is 2.16. The number of phenolic OH excluding ortho intramolecular Hbond substituents is 1. The molecule has 2 aromatic carbocycles. The Morgan fingerprint density at radius 1 is 1.20 bits per heavy atom. The Balaban J connectivity index is 2.19. The van der Waals surface area contributed by atoms with Gasteiger partial charge in [0.2, 0.25) is 0 Å². The standard InChI is InChI=1S/C14H12FNO4/c15-10-6-4-9(5-7-10)8-20-12-3-1-2-11(17)13(12)14(18)16-19/h1-7,17,19H,8H2,(H,16,18). The van der Waals surface area contributed by atoms with Crippen LogP contribution in [0.3, 0.4) is 0 Å². The van der Waals surface area contributed by atoms with Gasteiger partial charge in [-0.1, -0.05) is 18.2 Å². The largest absolute Gasteiger partial charge is 0.507 e. The minimum absolute atomic E-state index is 0.0927. The van der Waals surface area contributed by atoms with Gasteiger partial charge in [0.15, 0.2) is 0 Å². The highest BCUT2D eigenvalue weighted by Crippen LogP contribution is 2.28. The second kappa shape index (κ2) is 6.03. The van der Waals surface area contributed by atoms with E-state index in [1.165, 1.54) is 35.8 Å². The molecule has 20 heavy (non-hydrogen) atoms. The Kier molecular flexibility index (Phi) is 4.17. The summed E-state index contributed by atoms with van der Waals surface area (Å²) in [5.74, 6) is -1.43. The van der Waals surface area contributed by atoms with Gasteiger partial charge in [-0.3, -0.25) is 10.0 Å². The van der Waals surface area contributed by atoms with Gasteiger partial charge in [0, 0.05) is 0 Å². The van der Waals surface area contributed by atoms with E-state index in [0.29, 0.717) is 5.56 Å². The monoisotopic (exact) mass is 277 g/mol. The van der Waals surface area contributed by atoms with Gasteiger partial charge in [-0.2, -0.15) is 0 Å². The van der Waals surface area contributed by atoms with Crippen LogP contribution in [0.15, 0.2) is 42.5 Å². The number of aromatic hydroxyl groups is 1. The van der Waals surface area contributed by atoms with Crippen LogP contribution in [-0.4, -0.2) is 16.2 Å². The highest BCUT2D eigenvalue weighted by molar-refractivity contribution is 5.98. The van der Waals surface area contributed by atoms with Crippen molar-refractivity contribution in [3.63, 3.8) is 0 Å². The zero-order chi connectivity index (χ0) is 14.5. The lowest BCUT2D eigenvalue weighted by Crippen LogP contribution is -2.19. The minimum Gasteiger partial charge on any atom is -0.507 e. The molecule has 0 bridgehead atoms. The van der Waals surface area contributed by atoms with E-state index in [2.05, 4.69) is 0 Å². The van der Waals surface area contributed by atoms with E-state index in [4.69, 9.17) is 9.94 Å². The maximum Gasteiger partial charge on any atom is 0.282 e. The van der Waals surface area contributed by atoms with Gasteiger partial charge in [0.05, 0.1) is 0 Å². The molecule has 0 radical (unpaired) electrons. The summed E-state index contributed by atoms with van der Waals surface area (Å²) in [6.45, 7) is 0.0927. The quantitative estimate of drug-likeness (QED) is 0.591. The lowest BCUT2D eigenvalue weighted by Gasteiger charge is -2.11. The van der Waals surface area contributed by atoms with E-state index in [1.807, 2.05) is 0 Å². The van der Waals surface area contributed by atoms with E-state index in [1.54, 1.807) is 12.1 Å². The van der Waals surface area contributed by atoms with Crippen molar-refractivity contribution >= 4 is 5.91 Å². The Morgan fingerprint density at radius 2 is 1.90 bits per heavy atom. The summed E-state index contributed by atoms with van der Waals surface area (Å²) >= 11 is 0. The summed E-state index contributed by atoms with van der Waals surface area (Å²) in [5.41, 5.74) is 1.97. The predicted molar refractivity (Wildman–Crippen MR) is 68.1 cm³/mol. The number of halogens is 1. The maximum atomic E-state index is 12.8. The lowest BCUT2D eigenvalue weighted by atomic mass is 10.1. The van der Waals surface area contributed by atoms with Gasteiger partial charge < -0.3 is 9.84 Å². The van der Waals surface area contributed by atoms with Crippen LogP contribution in [0.4, 0.5) is 4.39 Å². The first-order valence-electron chi connectivity index (χ1n) is 5.75. The average molecular weight is 277 g/mol. The number of carbonyl (C=O) groups excluding carboxylic acids is 1. The third-order valence-electron chi connectivity index (χ3n) is 2.64. The molecule has 0 saturated carbocycles. The summed E-state index contributed by atoms with van der Waals surface area (Å²) in [6, 6.07) is 9.96. The molecule has 0 unspecified atom stereocenters. The molecule has 0 aliphatic rings. The van der Waals surface area contributed by atoms with Crippen LogP contribution in [0.1, 0.15) is 15.9 Å². The molecule has 0 atom stereocenters. The third kappa shape index (κ3) is 3.04. The van der Waals surface area contributed by atoms with E-state index in [0.717, 1.165) is 0 Å². The Bertz CT molecular complexity index is 613. The molecule has 0 saturated heterocycles. The van der Waals surface area contributed by atoms with Crippen molar-refractivity contribution < 1.29 is 24.2 Å². The second-order valence-electron chi connectivity index (χ2n) is 4.01. The van der Waals surface area contributed by atoms with E-state index in [-0.39, 0.29) is 29.5 Å². The summed E-state index contributed by atoms with van der Waals surface area (Å²) in [7, 11) is 0. The Labute approximate surface area is 114 Å². The zero-order valence-electron chi connectivity index (χ0n) is 10.3. The number of phenols is 1. The smallest absolute Gasteiger partial charge is 0.282 e. The minimum atomic E-state index is -0.878. The number of nitrogens with one attached hydrogen (secondary N) is 1. The van der Waals surface area contributed by atoms with Gasteiger partial charge in [-0.25, -0.2) is 9.87 Å². The van der Waals surface area contributed by atoms with Gasteiger partial charge in [0.25, 0.3) is 5.91 Å². The number of carbonyl (C=O) groups is 1. The fourth-order valence-electron chi connectivity index (χ4n) is 1.67. The van der Waals surface area contributed by atoms with Crippen molar-refractivity contribution in [2.75, 3.05) is 0 Å². The molecule has 0 fully saturated rings. The van der Waals surface area contributed by atoms with Crippen molar-refractivity contribution in [2.45, 2.75) is 6.61 Å². The molecule has 2 aromatic rings. The van der Waals surface area contributed by atoms with Crippen molar-refractivity contribution in [3.8, 4) is 11.5 Å². The normalized spacial score (nSPS) is 10.1. The first kappa shape index (κ1) is 13.8. The number of hydroxylamine groups is 1. The van der Waals surface area contributed by atoms with Gasteiger partial charge >= 0.3 is 0 Å². The van der Waals surface area contributed by atoms with Crippen molar-refractivity contribution in [3.05, 3.63) is 59.4 Å². The van der Waals surface area contributed by atoms with Crippen LogP contribution >= 0.6 is 0 Å². The highest BCUT2D eigenvalue weighted by atomic mass is 19.1. The van der Waals surface area contributed by atoms with Crippen LogP contribution in [0.2, 0.25) is 0 Å². The lowest BCUT2D eigenvalue weighted by molar-refractivity contribution is 0.0698.